The summed E-state index contributed by atoms with van der Waals surface area (Å²) < 4.78 is 0. The molecule has 13 heavy (non-hydrogen) atoms. The van der Waals surface area contributed by atoms with Crippen LogP contribution in [0.25, 0.3) is 0 Å². The van der Waals surface area contributed by atoms with Crippen LogP contribution in [0.1, 0.15) is 51.4 Å². The smallest absolute Gasteiger partial charge is 0.00415 e. The highest BCUT2D eigenvalue weighted by molar-refractivity contribution is 4.74. The third-order valence-electron chi connectivity index (χ3n) is 3.09. The quantitative estimate of drug-likeness (QED) is 0.494. The van der Waals surface area contributed by atoms with E-state index in [9.17, 15) is 0 Å². The minimum Gasteiger partial charge on any atom is -0.328 e. The molecule has 1 heteroatoms. The van der Waals surface area contributed by atoms with Gasteiger partial charge < -0.3 is 5.73 Å². The predicted octanol–water partition coefficient (Wildman–Crippen LogP) is 3.25. The van der Waals surface area contributed by atoms with Crippen molar-refractivity contribution < 1.29 is 0 Å². The van der Waals surface area contributed by atoms with Gasteiger partial charge >= 0.3 is 0 Å². The number of rotatable bonds is 6. The third-order valence-corrected chi connectivity index (χ3v) is 3.09. The van der Waals surface area contributed by atoms with E-state index in [0.29, 0.717) is 6.04 Å². The number of unbranched alkanes of at least 4 members (excludes halogenated alkanes) is 1. The number of hydrogen-bond acceptors (Lipinski definition) is 1. The third kappa shape index (κ3) is 4.47. The molecular weight excluding hydrogens is 158 g/mol. The summed E-state index contributed by atoms with van der Waals surface area (Å²) in [5.41, 5.74) is 6.06. The number of hydrogen-bond donors (Lipinski definition) is 1. The first-order chi connectivity index (χ1) is 6.33. The van der Waals surface area contributed by atoms with Crippen LogP contribution in [0.15, 0.2) is 12.7 Å². The van der Waals surface area contributed by atoms with Gasteiger partial charge in [0.25, 0.3) is 0 Å². The van der Waals surface area contributed by atoms with Crippen molar-refractivity contribution in [3.8, 4) is 0 Å². The van der Waals surface area contributed by atoms with Crippen LogP contribution >= 0.6 is 0 Å². The maximum Gasteiger partial charge on any atom is 0.00415 e. The summed E-state index contributed by atoms with van der Waals surface area (Å²) >= 11 is 0. The molecule has 1 atom stereocenters. The molecule has 0 aromatic carbocycles. The highest BCUT2D eigenvalue weighted by Crippen LogP contribution is 2.28. The van der Waals surface area contributed by atoms with E-state index in [4.69, 9.17) is 5.73 Å². The van der Waals surface area contributed by atoms with E-state index in [1.807, 2.05) is 6.08 Å². The van der Waals surface area contributed by atoms with Crippen LogP contribution in [0.2, 0.25) is 0 Å². The molecule has 0 saturated heterocycles. The average molecular weight is 181 g/mol. The van der Waals surface area contributed by atoms with E-state index in [2.05, 4.69) is 6.58 Å². The second-order valence-corrected chi connectivity index (χ2v) is 4.37. The molecule has 0 aromatic heterocycles. The summed E-state index contributed by atoms with van der Waals surface area (Å²) in [6, 6.07) is 0.447. The molecule has 1 aliphatic carbocycles. The second-order valence-electron chi connectivity index (χ2n) is 4.37. The fourth-order valence-corrected chi connectivity index (χ4v) is 2.32. The Labute approximate surface area is 82.4 Å². The molecule has 1 nitrogen and oxygen atoms in total. The fourth-order valence-electron chi connectivity index (χ4n) is 2.32. The van der Waals surface area contributed by atoms with Crippen molar-refractivity contribution in [3.05, 3.63) is 12.7 Å². The van der Waals surface area contributed by atoms with Gasteiger partial charge in [0.15, 0.2) is 0 Å². The topological polar surface area (TPSA) is 26.0 Å². The summed E-state index contributed by atoms with van der Waals surface area (Å²) in [5, 5.41) is 0. The molecule has 1 fully saturated rings. The first-order valence-corrected chi connectivity index (χ1v) is 5.69. The highest BCUT2D eigenvalue weighted by Gasteiger charge is 2.17. The van der Waals surface area contributed by atoms with Gasteiger partial charge in [0.2, 0.25) is 0 Å². The Morgan fingerprint density at radius 2 is 2.08 bits per heavy atom. The Balaban J connectivity index is 2.02. The van der Waals surface area contributed by atoms with Crippen molar-refractivity contribution in [2.45, 2.75) is 57.4 Å². The minimum absolute atomic E-state index is 0.447. The second kappa shape index (κ2) is 6.20. The van der Waals surface area contributed by atoms with Crippen molar-refractivity contribution in [1.29, 1.82) is 0 Å². The zero-order chi connectivity index (χ0) is 9.52. The van der Waals surface area contributed by atoms with Crippen LogP contribution < -0.4 is 5.73 Å². The first kappa shape index (κ1) is 10.8. The molecule has 0 heterocycles. The van der Waals surface area contributed by atoms with Gasteiger partial charge in [-0.1, -0.05) is 31.8 Å². The Morgan fingerprint density at radius 3 is 2.69 bits per heavy atom. The van der Waals surface area contributed by atoms with Crippen LogP contribution in [0.5, 0.6) is 0 Å². The molecule has 2 N–H and O–H groups in total. The van der Waals surface area contributed by atoms with Gasteiger partial charge in [0.1, 0.15) is 0 Å². The lowest BCUT2D eigenvalue weighted by Gasteiger charge is -2.15. The van der Waals surface area contributed by atoms with Gasteiger partial charge in [0.05, 0.1) is 0 Å². The van der Waals surface area contributed by atoms with E-state index < -0.39 is 0 Å². The Morgan fingerprint density at radius 1 is 1.38 bits per heavy atom. The maximum atomic E-state index is 6.06. The van der Waals surface area contributed by atoms with Crippen molar-refractivity contribution in [1.82, 2.24) is 0 Å². The summed E-state index contributed by atoms with van der Waals surface area (Å²) in [7, 11) is 0. The molecule has 0 radical (unpaired) electrons. The van der Waals surface area contributed by atoms with Crippen LogP contribution in [0.4, 0.5) is 0 Å². The SMILES string of the molecule is C=CCCCC(N)CC1CCCC1. The average Bonchev–Trinajstić information content (AvgIpc) is 2.57. The van der Waals surface area contributed by atoms with Gasteiger partial charge in [-0.15, -0.1) is 6.58 Å². The first-order valence-electron chi connectivity index (χ1n) is 5.69. The Kier molecular flexibility index (Phi) is 5.14. The zero-order valence-corrected chi connectivity index (χ0v) is 8.67. The van der Waals surface area contributed by atoms with E-state index >= 15 is 0 Å². The normalized spacial score (nSPS) is 20.4. The van der Waals surface area contributed by atoms with Crippen molar-refractivity contribution in [3.63, 3.8) is 0 Å². The summed E-state index contributed by atoms with van der Waals surface area (Å²) in [5.74, 6) is 0.943. The molecule has 1 saturated carbocycles. The van der Waals surface area contributed by atoms with Crippen LogP contribution in [0, 0.1) is 5.92 Å². The van der Waals surface area contributed by atoms with E-state index in [1.165, 1.54) is 44.9 Å². The Bertz CT molecular complexity index is 136. The van der Waals surface area contributed by atoms with Gasteiger partial charge in [-0.05, 0) is 31.6 Å². The molecule has 76 valence electrons. The van der Waals surface area contributed by atoms with Gasteiger partial charge in [-0.25, -0.2) is 0 Å². The highest BCUT2D eigenvalue weighted by atomic mass is 14.6. The summed E-state index contributed by atoms with van der Waals surface area (Å²) in [6.07, 6.45) is 12.5. The fraction of sp³-hybridized carbons (Fsp3) is 0.833. The van der Waals surface area contributed by atoms with Crippen molar-refractivity contribution in [2.24, 2.45) is 11.7 Å². The van der Waals surface area contributed by atoms with Gasteiger partial charge in [-0.2, -0.15) is 0 Å². The summed E-state index contributed by atoms with van der Waals surface area (Å²) in [4.78, 5) is 0. The molecule has 0 amide bonds. The lowest BCUT2D eigenvalue weighted by Crippen LogP contribution is -2.22. The molecule has 1 aliphatic rings. The molecule has 1 rings (SSSR count). The standard InChI is InChI=1S/C12H23N/c1-2-3-4-9-12(13)10-11-7-5-6-8-11/h2,11-12H,1,3-10,13H2. The van der Waals surface area contributed by atoms with Crippen molar-refractivity contribution in [2.75, 3.05) is 0 Å². The van der Waals surface area contributed by atoms with Crippen LogP contribution in [0.3, 0.4) is 0 Å². The molecule has 0 aromatic rings. The van der Waals surface area contributed by atoms with E-state index in [0.717, 1.165) is 12.3 Å². The van der Waals surface area contributed by atoms with Gasteiger partial charge in [-0.3, -0.25) is 0 Å². The lowest BCUT2D eigenvalue weighted by molar-refractivity contribution is 0.421. The predicted molar refractivity (Wildman–Crippen MR) is 58.6 cm³/mol. The van der Waals surface area contributed by atoms with Crippen molar-refractivity contribution >= 4 is 0 Å². The van der Waals surface area contributed by atoms with Gasteiger partial charge in [0, 0.05) is 6.04 Å². The number of allylic oxidation sites excluding steroid dienone is 1. The number of nitrogens with two attached hydrogens (primary N) is 1. The van der Waals surface area contributed by atoms with E-state index in [1.54, 1.807) is 0 Å². The molecule has 0 spiro atoms. The van der Waals surface area contributed by atoms with Crippen LogP contribution in [-0.2, 0) is 0 Å². The summed E-state index contributed by atoms with van der Waals surface area (Å²) in [6.45, 7) is 3.72. The molecule has 1 unspecified atom stereocenters. The van der Waals surface area contributed by atoms with E-state index in [-0.39, 0.29) is 0 Å². The Hall–Kier alpha value is -0.300. The largest absolute Gasteiger partial charge is 0.328 e. The molecule has 0 aliphatic heterocycles. The van der Waals surface area contributed by atoms with Crippen LogP contribution in [-0.4, -0.2) is 6.04 Å². The molecular formula is C12H23N. The lowest BCUT2D eigenvalue weighted by atomic mass is 9.96. The minimum atomic E-state index is 0.447. The molecule has 0 bridgehead atoms. The zero-order valence-electron chi connectivity index (χ0n) is 8.67. The maximum absolute atomic E-state index is 6.06. The monoisotopic (exact) mass is 181 g/mol.